The molecule has 2 nitrogen and oxygen atoms in total. The lowest BCUT2D eigenvalue weighted by Crippen LogP contribution is -1.95. The van der Waals surface area contributed by atoms with E-state index >= 15 is 0 Å². The molecule has 0 heterocycles. The molecule has 0 saturated heterocycles. The molecular weight excluding hydrogens is 180 g/mol. The van der Waals surface area contributed by atoms with Crippen molar-refractivity contribution in [2.24, 2.45) is 0 Å². The standard InChI is InChI=1S/C10H13O2Si/c1-7(13)8-4-5-9(11-2)10(6-8)12-3/h4-7H,1-3H3. The quantitative estimate of drug-likeness (QED) is 0.683. The van der Waals surface area contributed by atoms with Crippen LogP contribution in [0.4, 0.5) is 0 Å². The van der Waals surface area contributed by atoms with Crippen LogP contribution in [-0.2, 0) is 0 Å². The minimum atomic E-state index is 0.319. The Morgan fingerprint density at radius 1 is 1.15 bits per heavy atom. The molecule has 3 radical (unpaired) electrons. The van der Waals surface area contributed by atoms with Crippen molar-refractivity contribution in [1.29, 1.82) is 0 Å². The smallest absolute Gasteiger partial charge is 0.160 e. The molecule has 1 aromatic rings. The summed E-state index contributed by atoms with van der Waals surface area (Å²) in [4.78, 5) is 0. The van der Waals surface area contributed by atoms with Gasteiger partial charge in [-0.2, -0.15) is 0 Å². The maximum Gasteiger partial charge on any atom is 0.160 e. The molecule has 1 unspecified atom stereocenters. The first-order valence-corrected chi connectivity index (χ1v) is 4.69. The number of hydrogen-bond donors (Lipinski definition) is 0. The lowest BCUT2D eigenvalue weighted by molar-refractivity contribution is 0.354. The Kier molecular flexibility index (Phi) is 3.37. The van der Waals surface area contributed by atoms with E-state index in [9.17, 15) is 0 Å². The van der Waals surface area contributed by atoms with Gasteiger partial charge < -0.3 is 9.47 Å². The Balaban J connectivity index is 3.05. The van der Waals surface area contributed by atoms with Crippen molar-refractivity contribution in [3.8, 4) is 11.5 Å². The summed E-state index contributed by atoms with van der Waals surface area (Å²) in [6.45, 7) is 2.07. The third kappa shape index (κ3) is 2.25. The average molecular weight is 193 g/mol. The van der Waals surface area contributed by atoms with Crippen LogP contribution >= 0.6 is 0 Å². The summed E-state index contributed by atoms with van der Waals surface area (Å²) in [7, 11) is 6.82. The minimum absolute atomic E-state index is 0.319. The lowest BCUT2D eigenvalue weighted by Gasteiger charge is -2.11. The van der Waals surface area contributed by atoms with Gasteiger partial charge in [-0.3, -0.25) is 0 Å². The molecule has 0 saturated carbocycles. The highest BCUT2D eigenvalue weighted by atomic mass is 28.1. The molecular formula is C10H13O2Si. The van der Waals surface area contributed by atoms with E-state index in [4.69, 9.17) is 9.47 Å². The van der Waals surface area contributed by atoms with Crippen molar-refractivity contribution in [3.63, 3.8) is 0 Å². The number of methoxy groups -OCH3 is 2. The highest BCUT2D eigenvalue weighted by Crippen LogP contribution is 2.29. The first kappa shape index (κ1) is 10.1. The predicted octanol–water partition coefficient (Wildman–Crippen LogP) is 1.93. The molecule has 0 aliphatic carbocycles. The number of ether oxygens (including phenoxy) is 2. The van der Waals surface area contributed by atoms with Gasteiger partial charge >= 0.3 is 0 Å². The van der Waals surface area contributed by atoms with Crippen molar-refractivity contribution in [3.05, 3.63) is 23.8 Å². The summed E-state index contributed by atoms with van der Waals surface area (Å²) < 4.78 is 10.3. The van der Waals surface area contributed by atoms with Crippen LogP contribution in [0.5, 0.6) is 11.5 Å². The van der Waals surface area contributed by atoms with Crippen molar-refractivity contribution in [2.75, 3.05) is 14.2 Å². The van der Waals surface area contributed by atoms with Crippen LogP contribution in [0.25, 0.3) is 0 Å². The van der Waals surface area contributed by atoms with Crippen molar-refractivity contribution >= 4 is 10.2 Å². The maximum absolute atomic E-state index is 5.18. The second-order valence-electron chi connectivity index (χ2n) is 2.84. The van der Waals surface area contributed by atoms with Gasteiger partial charge in [-0.25, -0.2) is 0 Å². The second-order valence-corrected chi connectivity index (χ2v) is 3.70. The largest absolute Gasteiger partial charge is 0.493 e. The summed E-state index contributed by atoms with van der Waals surface area (Å²) in [5.41, 5.74) is 1.49. The molecule has 0 fully saturated rings. The Hall–Kier alpha value is -0.963. The Morgan fingerprint density at radius 3 is 2.23 bits per heavy atom. The van der Waals surface area contributed by atoms with Gasteiger partial charge in [0.1, 0.15) is 0 Å². The van der Waals surface area contributed by atoms with E-state index in [-0.39, 0.29) is 0 Å². The SMILES string of the molecule is COc1ccc(C(C)[Si])cc1OC. The number of hydrogen-bond acceptors (Lipinski definition) is 2. The Labute approximate surface area is 82.3 Å². The van der Waals surface area contributed by atoms with E-state index in [1.807, 2.05) is 18.2 Å². The van der Waals surface area contributed by atoms with Gasteiger partial charge in [0.05, 0.1) is 14.2 Å². The van der Waals surface area contributed by atoms with E-state index in [0.29, 0.717) is 5.54 Å². The highest BCUT2D eigenvalue weighted by molar-refractivity contribution is 6.12. The summed E-state index contributed by atoms with van der Waals surface area (Å²) in [6, 6.07) is 5.89. The van der Waals surface area contributed by atoms with Gasteiger partial charge in [0.2, 0.25) is 0 Å². The fraction of sp³-hybridized carbons (Fsp3) is 0.400. The van der Waals surface area contributed by atoms with Crippen LogP contribution in [0.15, 0.2) is 18.2 Å². The van der Waals surface area contributed by atoms with Crippen LogP contribution in [0.3, 0.4) is 0 Å². The molecule has 0 aromatic heterocycles. The second kappa shape index (κ2) is 4.32. The van der Waals surface area contributed by atoms with Crippen LogP contribution in [-0.4, -0.2) is 24.5 Å². The minimum Gasteiger partial charge on any atom is -0.493 e. The molecule has 13 heavy (non-hydrogen) atoms. The van der Waals surface area contributed by atoms with Crippen LogP contribution < -0.4 is 9.47 Å². The molecule has 0 amide bonds. The third-order valence-corrected chi connectivity index (χ3v) is 2.24. The molecule has 1 aromatic carbocycles. The summed E-state index contributed by atoms with van der Waals surface area (Å²) >= 11 is 0. The summed E-state index contributed by atoms with van der Waals surface area (Å²) in [6.07, 6.45) is 0. The van der Waals surface area contributed by atoms with Crippen molar-refractivity contribution in [1.82, 2.24) is 0 Å². The van der Waals surface area contributed by atoms with Gasteiger partial charge in [0.25, 0.3) is 0 Å². The summed E-state index contributed by atoms with van der Waals surface area (Å²) in [5, 5.41) is 0. The molecule has 1 atom stereocenters. The van der Waals surface area contributed by atoms with E-state index in [2.05, 4.69) is 17.2 Å². The van der Waals surface area contributed by atoms with Crippen molar-refractivity contribution in [2.45, 2.75) is 12.5 Å². The maximum atomic E-state index is 5.18. The average Bonchev–Trinajstić information content (AvgIpc) is 2.16. The fourth-order valence-electron chi connectivity index (χ4n) is 1.12. The molecule has 3 heteroatoms. The van der Waals surface area contributed by atoms with Gasteiger partial charge in [-0.1, -0.05) is 13.0 Å². The Bertz CT molecular complexity index is 284. The fourth-order valence-corrected chi connectivity index (χ4v) is 1.30. The van der Waals surface area contributed by atoms with Crippen LogP contribution in [0.1, 0.15) is 18.0 Å². The molecule has 0 spiro atoms. The van der Waals surface area contributed by atoms with Gasteiger partial charge in [0.15, 0.2) is 11.5 Å². The number of rotatable bonds is 3. The van der Waals surface area contributed by atoms with Gasteiger partial charge in [-0.05, 0) is 23.2 Å². The third-order valence-electron chi connectivity index (χ3n) is 1.91. The molecule has 69 valence electrons. The van der Waals surface area contributed by atoms with E-state index in [0.717, 1.165) is 11.5 Å². The molecule has 1 rings (SSSR count). The van der Waals surface area contributed by atoms with Crippen molar-refractivity contribution < 1.29 is 9.47 Å². The Morgan fingerprint density at radius 2 is 1.77 bits per heavy atom. The lowest BCUT2D eigenvalue weighted by atomic mass is 10.1. The normalized spacial score (nSPS) is 12.3. The zero-order valence-corrected chi connectivity index (χ0v) is 9.13. The summed E-state index contributed by atoms with van der Waals surface area (Å²) in [5.74, 6) is 1.53. The molecule has 0 aliphatic rings. The number of benzene rings is 1. The van der Waals surface area contributed by atoms with Crippen LogP contribution in [0, 0.1) is 0 Å². The predicted molar refractivity (Wildman–Crippen MR) is 53.7 cm³/mol. The van der Waals surface area contributed by atoms with E-state index in [1.54, 1.807) is 14.2 Å². The van der Waals surface area contributed by atoms with E-state index < -0.39 is 0 Å². The van der Waals surface area contributed by atoms with E-state index in [1.165, 1.54) is 5.56 Å². The van der Waals surface area contributed by atoms with Crippen LogP contribution in [0.2, 0.25) is 0 Å². The zero-order valence-electron chi connectivity index (χ0n) is 8.13. The van der Waals surface area contributed by atoms with Gasteiger partial charge in [-0.15, -0.1) is 0 Å². The molecule has 0 N–H and O–H groups in total. The first-order chi connectivity index (χ1) is 6.19. The zero-order chi connectivity index (χ0) is 9.84. The van der Waals surface area contributed by atoms with Gasteiger partial charge in [0, 0.05) is 10.2 Å². The first-order valence-electron chi connectivity index (χ1n) is 4.12. The topological polar surface area (TPSA) is 18.5 Å². The molecule has 0 bridgehead atoms. The monoisotopic (exact) mass is 193 g/mol. The highest BCUT2D eigenvalue weighted by Gasteiger charge is 2.06. The molecule has 0 aliphatic heterocycles.